The Kier molecular flexibility index (Phi) is 5.47. The van der Waals surface area contributed by atoms with Gasteiger partial charge in [0.2, 0.25) is 5.91 Å². The van der Waals surface area contributed by atoms with Crippen LogP contribution in [0.2, 0.25) is 0 Å². The largest absolute Gasteiger partial charge is 0.480 e. The summed E-state index contributed by atoms with van der Waals surface area (Å²) in [5.41, 5.74) is 0. The molecule has 1 fully saturated rings. The fourth-order valence-electron chi connectivity index (χ4n) is 2.05. The Balaban J connectivity index is 2.41. The Hall–Kier alpha value is -1.43. The number of rotatable bonds is 8. The first-order chi connectivity index (χ1) is 8.82. The van der Waals surface area contributed by atoms with E-state index in [-0.39, 0.29) is 30.1 Å². The summed E-state index contributed by atoms with van der Waals surface area (Å²) in [5.74, 6) is -1.23. The molecule has 0 heterocycles. The van der Waals surface area contributed by atoms with E-state index >= 15 is 0 Å². The number of carbonyl (C=O) groups is 3. The molecule has 1 rings (SSSR count). The van der Waals surface area contributed by atoms with Crippen LogP contribution in [0.5, 0.6) is 0 Å². The van der Waals surface area contributed by atoms with Gasteiger partial charge in [0.1, 0.15) is 6.04 Å². The van der Waals surface area contributed by atoms with Crippen molar-refractivity contribution in [1.29, 1.82) is 0 Å². The second-order valence-electron chi connectivity index (χ2n) is 5.43. The minimum absolute atomic E-state index is 0.0140. The van der Waals surface area contributed by atoms with Crippen molar-refractivity contribution in [3.63, 3.8) is 0 Å². The average molecular weight is 270 g/mol. The quantitative estimate of drug-likeness (QED) is 0.584. The number of hydrogen-bond donors (Lipinski definition) is 3. The summed E-state index contributed by atoms with van der Waals surface area (Å²) in [5, 5.41) is 14.4. The molecule has 0 saturated heterocycles. The van der Waals surface area contributed by atoms with Gasteiger partial charge in [0, 0.05) is 0 Å². The molecule has 0 aliphatic heterocycles. The van der Waals surface area contributed by atoms with Crippen LogP contribution >= 0.6 is 0 Å². The molecule has 0 spiro atoms. The summed E-state index contributed by atoms with van der Waals surface area (Å²) in [6.07, 6.45) is 1.77. The molecular formula is C13H22N2O4. The van der Waals surface area contributed by atoms with Gasteiger partial charge < -0.3 is 10.4 Å². The summed E-state index contributed by atoms with van der Waals surface area (Å²) in [4.78, 5) is 34.1. The fourth-order valence-corrected chi connectivity index (χ4v) is 2.05. The van der Waals surface area contributed by atoms with Crippen molar-refractivity contribution in [2.24, 2.45) is 11.8 Å². The Labute approximate surface area is 112 Å². The summed E-state index contributed by atoms with van der Waals surface area (Å²) in [7, 11) is 0. The zero-order valence-electron chi connectivity index (χ0n) is 11.6. The predicted octanol–water partition coefficient (Wildman–Crippen LogP) is 0.169. The molecule has 1 aliphatic rings. The van der Waals surface area contributed by atoms with E-state index in [4.69, 9.17) is 5.11 Å². The molecule has 19 heavy (non-hydrogen) atoms. The van der Waals surface area contributed by atoms with E-state index in [1.54, 1.807) is 0 Å². The number of carboxylic acid groups (broad SMARTS) is 1. The van der Waals surface area contributed by atoms with Crippen LogP contribution in [0.15, 0.2) is 0 Å². The van der Waals surface area contributed by atoms with Crippen molar-refractivity contribution >= 4 is 17.7 Å². The Morgan fingerprint density at radius 1 is 1.26 bits per heavy atom. The van der Waals surface area contributed by atoms with Gasteiger partial charge in [0.15, 0.2) is 5.78 Å². The molecule has 0 aromatic heterocycles. The summed E-state index contributed by atoms with van der Waals surface area (Å²) < 4.78 is 0. The lowest BCUT2D eigenvalue weighted by atomic mass is 10.0. The summed E-state index contributed by atoms with van der Waals surface area (Å²) in [6, 6.07) is -1.18. The van der Waals surface area contributed by atoms with Crippen LogP contribution in [-0.2, 0) is 14.4 Å². The number of aliphatic carboxylic acids is 1. The van der Waals surface area contributed by atoms with E-state index < -0.39 is 18.1 Å². The highest BCUT2D eigenvalue weighted by molar-refractivity contribution is 5.88. The molecule has 3 N–H and O–H groups in total. The van der Waals surface area contributed by atoms with Crippen LogP contribution in [0.3, 0.4) is 0 Å². The van der Waals surface area contributed by atoms with Gasteiger partial charge >= 0.3 is 5.97 Å². The molecule has 2 atom stereocenters. The van der Waals surface area contributed by atoms with Crippen molar-refractivity contribution in [2.45, 2.75) is 45.7 Å². The minimum Gasteiger partial charge on any atom is -0.480 e. The van der Waals surface area contributed by atoms with Crippen molar-refractivity contribution in [3.05, 3.63) is 0 Å². The lowest BCUT2D eigenvalue weighted by Crippen LogP contribution is -2.49. The highest BCUT2D eigenvalue weighted by atomic mass is 16.4. The van der Waals surface area contributed by atoms with Crippen molar-refractivity contribution < 1.29 is 19.5 Å². The normalized spacial score (nSPS) is 17.9. The van der Waals surface area contributed by atoms with Gasteiger partial charge in [-0.05, 0) is 31.6 Å². The van der Waals surface area contributed by atoms with Gasteiger partial charge in [0.25, 0.3) is 0 Å². The highest BCUT2D eigenvalue weighted by Gasteiger charge is 2.36. The molecule has 108 valence electrons. The SMILES string of the molecule is CC(=O)C(NC(=O)CNC(C(=O)O)C1CC1)C(C)C. The van der Waals surface area contributed by atoms with Crippen LogP contribution in [0.25, 0.3) is 0 Å². The first kappa shape index (κ1) is 15.6. The molecule has 0 radical (unpaired) electrons. The molecule has 1 aliphatic carbocycles. The van der Waals surface area contributed by atoms with Gasteiger partial charge in [-0.3, -0.25) is 19.7 Å². The highest BCUT2D eigenvalue weighted by Crippen LogP contribution is 2.32. The van der Waals surface area contributed by atoms with Crippen molar-refractivity contribution in [2.75, 3.05) is 6.54 Å². The monoisotopic (exact) mass is 270 g/mol. The smallest absolute Gasteiger partial charge is 0.320 e. The molecular weight excluding hydrogens is 248 g/mol. The maximum absolute atomic E-state index is 11.7. The molecule has 1 saturated carbocycles. The first-order valence-corrected chi connectivity index (χ1v) is 6.59. The van der Waals surface area contributed by atoms with E-state index in [9.17, 15) is 14.4 Å². The third kappa shape index (κ3) is 4.98. The van der Waals surface area contributed by atoms with Gasteiger partial charge in [-0.15, -0.1) is 0 Å². The molecule has 0 aromatic rings. The Bertz CT molecular complexity index is 364. The maximum Gasteiger partial charge on any atom is 0.320 e. The van der Waals surface area contributed by atoms with Crippen LogP contribution < -0.4 is 10.6 Å². The van der Waals surface area contributed by atoms with Gasteiger partial charge in [-0.1, -0.05) is 13.8 Å². The molecule has 2 unspecified atom stereocenters. The summed E-state index contributed by atoms with van der Waals surface area (Å²) in [6.45, 7) is 5.06. The number of carbonyl (C=O) groups excluding carboxylic acids is 2. The number of nitrogens with one attached hydrogen (secondary N) is 2. The zero-order chi connectivity index (χ0) is 14.6. The number of Topliss-reactive ketones (excluding diaryl/α,β-unsaturated/α-hetero) is 1. The van der Waals surface area contributed by atoms with Gasteiger partial charge in [-0.25, -0.2) is 0 Å². The van der Waals surface area contributed by atoms with E-state index in [1.165, 1.54) is 6.92 Å². The predicted molar refractivity (Wildman–Crippen MR) is 69.6 cm³/mol. The Morgan fingerprint density at radius 2 is 1.84 bits per heavy atom. The fraction of sp³-hybridized carbons (Fsp3) is 0.769. The maximum atomic E-state index is 11.7. The molecule has 0 bridgehead atoms. The molecule has 6 heteroatoms. The van der Waals surface area contributed by atoms with Crippen LogP contribution in [0.4, 0.5) is 0 Å². The van der Waals surface area contributed by atoms with E-state index in [0.29, 0.717) is 0 Å². The first-order valence-electron chi connectivity index (χ1n) is 6.59. The third-order valence-corrected chi connectivity index (χ3v) is 3.26. The summed E-state index contributed by atoms with van der Waals surface area (Å²) >= 11 is 0. The van der Waals surface area contributed by atoms with E-state index in [1.807, 2.05) is 13.8 Å². The van der Waals surface area contributed by atoms with Crippen LogP contribution in [0, 0.1) is 11.8 Å². The van der Waals surface area contributed by atoms with Crippen molar-refractivity contribution in [3.8, 4) is 0 Å². The van der Waals surface area contributed by atoms with Gasteiger partial charge in [0.05, 0.1) is 12.6 Å². The molecule has 0 aromatic carbocycles. The topological polar surface area (TPSA) is 95.5 Å². The van der Waals surface area contributed by atoms with Crippen LogP contribution in [0.1, 0.15) is 33.6 Å². The second-order valence-corrected chi connectivity index (χ2v) is 5.43. The minimum atomic E-state index is -0.928. The Morgan fingerprint density at radius 3 is 2.21 bits per heavy atom. The third-order valence-electron chi connectivity index (χ3n) is 3.26. The average Bonchev–Trinajstić information content (AvgIpc) is 3.09. The number of carboxylic acids is 1. The van der Waals surface area contributed by atoms with E-state index in [0.717, 1.165) is 12.8 Å². The van der Waals surface area contributed by atoms with Gasteiger partial charge in [-0.2, -0.15) is 0 Å². The van der Waals surface area contributed by atoms with Crippen molar-refractivity contribution in [1.82, 2.24) is 10.6 Å². The number of amides is 1. The van der Waals surface area contributed by atoms with Crippen LogP contribution in [-0.4, -0.2) is 41.4 Å². The number of hydrogen-bond acceptors (Lipinski definition) is 4. The molecule has 6 nitrogen and oxygen atoms in total. The standard InChI is InChI=1S/C13H22N2O4/c1-7(2)11(8(3)16)15-10(17)6-14-12(13(18)19)9-4-5-9/h7,9,11-12,14H,4-6H2,1-3H3,(H,15,17)(H,18,19). The second kappa shape index (κ2) is 6.65. The lowest BCUT2D eigenvalue weighted by Gasteiger charge is -2.20. The van der Waals surface area contributed by atoms with E-state index in [2.05, 4.69) is 10.6 Å². The molecule has 1 amide bonds. The number of ketones is 1. The lowest BCUT2D eigenvalue weighted by molar-refractivity contribution is -0.140. The zero-order valence-corrected chi connectivity index (χ0v) is 11.6.